The van der Waals surface area contributed by atoms with E-state index >= 15 is 0 Å². The van der Waals surface area contributed by atoms with E-state index in [1.54, 1.807) is 0 Å². The smallest absolute Gasteiger partial charge is 0.450 e. The standard InChI is InChI=1S/C26H29N.CH2O3/c1-21-17-19-25(20-18-21)27-26(22-11-5-2-6-12-22,23-13-7-3-8-14-23)24-15-9-4-10-16-24;2-1(3)4/h2-16,21,25,27H,17-20H2,1H3;(H2,2,3,4). The van der Waals surface area contributed by atoms with E-state index < -0.39 is 6.16 Å². The molecule has 0 bridgehead atoms. The zero-order valence-electron chi connectivity index (χ0n) is 17.9. The summed E-state index contributed by atoms with van der Waals surface area (Å²) in [5.74, 6) is 0.850. The second-order valence-corrected chi connectivity index (χ2v) is 8.23. The second kappa shape index (κ2) is 10.8. The Hall–Kier alpha value is -3.11. The minimum atomic E-state index is -1.83. The van der Waals surface area contributed by atoms with Crippen LogP contribution in [0.2, 0.25) is 0 Å². The van der Waals surface area contributed by atoms with Crippen molar-refractivity contribution in [2.45, 2.75) is 44.2 Å². The highest BCUT2D eigenvalue weighted by Gasteiger charge is 2.38. The predicted molar refractivity (Wildman–Crippen MR) is 124 cm³/mol. The number of rotatable bonds is 5. The lowest BCUT2D eigenvalue weighted by molar-refractivity contribution is 0.137. The molecule has 1 fully saturated rings. The summed E-state index contributed by atoms with van der Waals surface area (Å²) in [5, 5.41) is 18.1. The quantitative estimate of drug-likeness (QED) is 0.422. The average molecular weight is 418 g/mol. The van der Waals surface area contributed by atoms with Gasteiger partial charge < -0.3 is 10.2 Å². The van der Waals surface area contributed by atoms with Crippen molar-refractivity contribution in [2.75, 3.05) is 0 Å². The first-order valence-electron chi connectivity index (χ1n) is 10.9. The molecule has 0 heterocycles. The number of benzene rings is 3. The molecule has 0 spiro atoms. The van der Waals surface area contributed by atoms with Crippen LogP contribution in [0.3, 0.4) is 0 Å². The monoisotopic (exact) mass is 417 g/mol. The maximum Gasteiger partial charge on any atom is 0.503 e. The van der Waals surface area contributed by atoms with Crippen LogP contribution >= 0.6 is 0 Å². The summed E-state index contributed by atoms with van der Waals surface area (Å²) in [6, 6.07) is 33.3. The van der Waals surface area contributed by atoms with Crippen LogP contribution in [0.5, 0.6) is 0 Å². The average Bonchev–Trinajstić information content (AvgIpc) is 2.80. The van der Waals surface area contributed by atoms with Crippen LogP contribution in [0.4, 0.5) is 4.79 Å². The fourth-order valence-corrected chi connectivity index (χ4v) is 4.53. The van der Waals surface area contributed by atoms with E-state index in [-0.39, 0.29) is 5.54 Å². The van der Waals surface area contributed by atoms with E-state index in [4.69, 9.17) is 15.0 Å². The van der Waals surface area contributed by atoms with Crippen molar-refractivity contribution < 1.29 is 15.0 Å². The topological polar surface area (TPSA) is 69.6 Å². The number of carboxylic acid groups (broad SMARTS) is 2. The number of nitrogens with one attached hydrogen (secondary N) is 1. The molecule has 3 aromatic carbocycles. The fourth-order valence-electron chi connectivity index (χ4n) is 4.53. The SMILES string of the molecule is CC1CCC(NC(c2ccccc2)(c2ccccc2)c2ccccc2)CC1.O=C(O)O. The Morgan fingerprint density at radius 1 is 0.710 bits per heavy atom. The first kappa shape index (κ1) is 22.6. The molecule has 31 heavy (non-hydrogen) atoms. The van der Waals surface area contributed by atoms with Gasteiger partial charge in [0.25, 0.3) is 0 Å². The van der Waals surface area contributed by atoms with Gasteiger partial charge >= 0.3 is 6.16 Å². The molecule has 4 heteroatoms. The van der Waals surface area contributed by atoms with Crippen molar-refractivity contribution in [3.05, 3.63) is 108 Å². The zero-order chi connectivity index (χ0) is 22.1. The molecule has 0 aromatic heterocycles. The molecule has 3 N–H and O–H groups in total. The highest BCUT2D eigenvalue weighted by atomic mass is 16.6. The Kier molecular flexibility index (Phi) is 7.85. The first-order chi connectivity index (χ1) is 15.0. The van der Waals surface area contributed by atoms with Crippen molar-refractivity contribution in [2.24, 2.45) is 5.92 Å². The van der Waals surface area contributed by atoms with Crippen molar-refractivity contribution in [1.29, 1.82) is 0 Å². The van der Waals surface area contributed by atoms with Crippen molar-refractivity contribution in [1.82, 2.24) is 5.32 Å². The predicted octanol–water partition coefficient (Wildman–Crippen LogP) is 6.37. The molecule has 0 amide bonds. The maximum atomic E-state index is 8.56. The van der Waals surface area contributed by atoms with Crippen LogP contribution in [0.1, 0.15) is 49.3 Å². The summed E-state index contributed by atoms with van der Waals surface area (Å²) in [4.78, 5) is 8.56. The normalized spacial score (nSPS) is 18.5. The fraction of sp³-hybridized carbons (Fsp3) is 0.296. The number of hydrogen-bond donors (Lipinski definition) is 3. The van der Waals surface area contributed by atoms with E-state index in [1.807, 2.05) is 0 Å². The summed E-state index contributed by atoms with van der Waals surface area (Å²) in [6.07, 6.45) is 3.28. The molecule has 1 aliphatic rings. The third-order valence-electron chi connectivity index (χ3n) is 6.06. The second-order valence-electron chi connectivity index (χ2n) is 8.23. The Labute approximate surface area is 184 Å². The van der Waals surface area contributed by atoms with Crippen LogP contribution < -0.4 is 5.32 Å². The zero-order valence-corrected chi connectivity index (χ0v) is 17.9. The minimum Gasteiger partial charge on any atom is -0.450 e. The summed E-state index contributed by atoms with van der Waals surface area (Å²) in [5.41, 5.74) is 3.60. The number of carbonyl (C=O) groups is 1. The summed E-state index contributed by atoms with van der Waals surface area (Å²) >= 11 is 0. The largest absolute Gasteiger partial charge is 0.503 e. The third-order valence-corrected chi connectivity index (χ3v) is 6.06. The van der Waals surface area contributed by atoms with Gasteiger partial charge in [0.05, 0.1) is 5.54 Å². The van der Waals surface area contributed by atoms with Gasteiger partial charge in [-0.2, -0.15) is 0 Å². The van der Waals surface area contributed by atoms with Gasteiger partial charge in [-0.1, -0.05) is 97.9 Å². The van der Waals surface area contributed by atoms with E-state index in [1.165, 1.54) is 42.4 Å². The van der Waals surface area contributed by atoms with Gasteiger partial charge in [0.1, 0.15) is 0 Å². The van der Waals surface area contributed by atoms with Gasteiger partial charge in [-0.3, -0.25) is 5.32 Å². The van der Waals surface area contributed by atoms with Gasteiger partial charge in [0.2, 0.25) is 0 Å². The Morgan fingerprint density at radius 2 is 1.03 bits per heavy atom. The lowest BCUT2D eigenvalue weighted by Crippen LogP contribution is -2.50. The molecule has 0 atom stereocenters. The van der Waals surface area contributed by atoms with Gasteiger partial charge in [0.15, 0.2) is 0 Å². The van der Waals surface area contributed by atoms with Gasteiger partial charge in [-0.05, 0) is 48.3 Å². The van der Waals surface area contributed by atoms with Crippen LogP contribution in [-0.2, 0) is 5.54 Å². The molecule has 1 aliphatic carbocycles. The van der Waals surface area contributed by atoms with Gasteiger partial charge in [-0.15, -0.1) is 0 Å². The molecule has 1 saturated carbocycles. The molecule has 3 aromatic rings. The van der Waals surface area contributed by atoms with E-state index in [0.717, 1.165) is 5.92 Å². The molecular weight excluding hydrogens is 386 g/mol. The van der Waals surface area contributed by atoms with Gasteiger partial charge in [0, 0.05) is 6.04 Å². The van der Waals surface area contributed by atoms with E-state index in [0.29, 0.717) is 6.04 Å². The van der Waals surface area contributed by atoms with Crippen LogP contribution in [0.25, 0.3) is 0 Å². The van der Waals surface area contributed by atoms with Crippen LogP contribution in [0, 0.1) is 5.92 Å². The molecule has 0 aliphatic heterocycles. The molecule has 0 unspecified atom stereocenters. The molecule has 4 nitrogen and oxygen atoms in total. The summed E-state index contributed by atoms with van der Waals surface area (Å²) in [7, 11) is 0. The molecular formula is C27H31NO3. The summed E-state index contributed by atoms with van der Waals surface area (Å²) < 4.78 is 0. The lowest BCUT2D eigenvalue weighted by atomic mass is 9.75. The van der Waals surface area contributed by atoms with Crippen LogP contribution in [0.15, 0.2) is 91.0 Å². The van der Waals surface area contributed by atoms with E-state index in [9.17, 15) is 0 Å². The van der Waals surface area contributed by atoms with Crippen molar-refractivity contribution >= 4 is 6.16 Å². The summed E-state index contributed by atoms with van der Waals surface area (Å²) in [6.45, 7) is 2.38. The highest BCUT2D eigenvalue weighted by molar-refractivity contribution is 5.53. The lowest BCUT2D eigenvalue weighted by Gasteiger charge is -2.42. The van der Waals surface area contributed by atoms with E-state index in [2.05, 4.69) is 103 Å². The first-order valence-corrected chi connectivity index (χ1v) is 10.9. The van der Waals surface area contributed by atoms with Crippen molar-refractivity contribution in [3.63, 3.8) is 0 Å². The Morgan fingerprint density at radius 3 is 1.35 bits per heavy atom. The minimum absolute atomic E-state index is 0.324. The third kappa shape index (κ3) is 5.74. The Balaban J connectivity index is 0.000000628. The Bertz CT molecular complexity index is 820. The van der Waals surface area contributed by atoms with Gasteiger partial charge in [-0.25, -0.2) is 4.79 Å². The maximum absolute atomic E-state index is 8.56. The highest BCUT2D eigenvalue weighted by Crippen LogP contribution is 2.39. The molecule has 0 radical (unpaired) electrons. The van der Waals surface area contributed by atoms with Crippen LogP contribution in [-0.4, -0.2) is 22.4 Å². The van der Waals surface area contributed by atoms with Crippen molar-refractivity contribution in [3.8, 4) is 0 Å². The molecule has 4 rings (SSSR count). The number of hydrogen-bond acceptors (Lipinski definition) is 2. The molecule has 162 valence electrons. The molecule has 0 saturated heterocycles.